The predicted molar refractivity (Wildman–Crippen MR) is 117 cm³/mol. The highest BCUT2D eigenvalue weighted by Gasteiger charge is 2.31. The van der Waals surface area contributed by atoms with Gasteiger partial charge in [-0.3, -0.25) is 9.48 Å². The number of methoxy groups -OCH3 is 1. The lowest BCUT2D eigenvalue weighted by Crippen LogP contribution is -2.29. The van der Waals surface area contributed by atoms with E-state index in [4.69, 9.17) is 14.3 Å². The number of carbonyl (C=O) groups is 1. The summed E-state index contributed by atoms with van der Waals surface area (Å²) in [5, 5.41) is 9.72. The molecule has 1 aliphatic rings. The normalized spacial score (nSPS) is 14.4. The van der Waals surface area contributed by atoms with Crippen molar-refractivity contribution in [1.29, 1.82) is 0 Å². The molecular formula is C24H25N3O3. The Kier molecular flexibility index (Phi) is 4.13. The van der Waals surface area contributed by atoms with E-state index in [0.29, 0.717) is 28.6 Å². The summed E-state index contributed by atoms with van der Waals surface area (Å²) in [5.74, 6) is 0.853. The number of fused-ring (bicyclic) bond motifs is 3. The zero-order valence-electron chi connectivity index (χ0n) is 17.7. The lowest BCUT2D eigenvalue weighted by molar-refractivity contribution is 0.100. The van der Waals surface area contributed by atoms with Gasteiger partial charge in [0.2, 0.25) is 0 Å². The molecule has 0 radical (unpaired) electrons. The summed E-state index contributed by atoms with van der Waals surface area (Å²) in [5.41, 5.74) is 3.33. The first-order valence-corrected chi connectivity index (χ1v) is 10.3. The highest BCUT2D eigenvalue weighted by atomic mass is 16.5. The number of furan rings is 1. The minimum atomic E-state index is -0.299. The molecule has 4 aromatic rings. The van der Waals surface area contributed by atoms with Crippen LogP contribution in [0.4, 0.5) is 5.69 Å². The number of anilines is 1. The van der Waals surface area contributed by atoms with Gasteiger partial charge in [0, 0.05) is 22.8 Å². The first-order chi connectivity index (χ1) is 14.3. The third-order valence-corrected chi connectivity index (χ3v) is 5.54. The second-order valence-corrected chi connectivity index (χ2v) is 8.91. The smallest absolute Gasteiger partial charge is 0.274 e. The fourth-order valence-electron chi connectivity index (χ4n) is 3.86. The van der Waals surface area contributed by atoms with Crippen molar-refractivity contribution in [3.05, 3.63) is 53.9 Å². The number of hydrogen-bond acceptors (Lipinski definition) is 4. The first kappa shape index (κ1) is 18.7. The molecule has 1 aliphatic carbocycles. The monoisotopic (exact) mass is 403 g/mol. The summed E-state index contributed by atoms with van der Waals surface area (Å²) in [6.07, 6.45) is 2.28. The summed E-state index contributed by atoms with van der Waals surface area (Å²) in [6.45, 7) is 6.15. The van der Waals surface area contributed by atoms with Crippen molar-refractivity contribution in [2.75, 3.05) is 12.4 Å². The van der Waals surface area contributed by atoms with Gasteiger partial charge in [0.25, 0.3) is 5.91 Å². The van der Waals surface area contributed by atoms with Gasteiger partial charge in [-0.05, 0) is 51.8 Å². The molecule has 0 bridgehead atoms. The fraction of sp³-hybridized carbons (Fsp3) is 0.333. The van der Waals surface area contributed by atoms with Gasteiger partial charge in [-0.15, -0.1) is 0 Å². The quantitative estimate of drug-likeness (QED) is 0.476. The van der Waals surface area contributed by atoms with Gasteiger partial charge < -0.3 is 14.5 Å². The van der Waals surface area contributed by atoms with Crippen LogP contribution in [0.25, 0.3) is 21.9 Å². The van der Waals surface area contributed by atoms with Gasteiger partial charge >= 0.3 is 0 Å². The maximum absolute atomic E-state index is 13.3. The van der Waals surface area contributed by atoms with Gasteiger partial charge in [0.1, 0.15) is 22.6 Å². The molecule has 1 amide bonds. The molecule has 1 fully saturated rings. The number of hydrogen-bond donors (Lipinski definition) is 1. The summed E-state index contributed by atoms with van der Waals surface area (Å²) < 4.78 is 13.4. The zero-order valence-corrected chi connectivity index (χ0v) is 17.7. The van der Waals surface area contributed by atoms with Crippen molar-refractivity contribution in [3.8, 4) is 5.75 Å². The van der Waals surface area contributed by atoms with E-state index in [1.54, 1.807) is 7.11 Å². The Labute approximate surface area is 174 Å². The van der Waals surface area contributed by atoms with Crippen LogP contribution in [0.3, 0.4) is 0 Å². The summed E-state index contributed by atoms with van der Waals surface area (Å²) in [6, 6.07) is 13.5. The lowest BCUT2D eigenvalue weighted by atomic mass is 10.1. The lowest BCUT2D eigenvalue weighted by Gasteiger charge is -2.22. The fourth-order valence-corrected chi connectivity index (χ4v) is 3.86. The van der Waals surface area contributed by atoms with E-state index in [1.165, 1.54) is 0 Å². The standard InChI is InChI=1S/C24H25N3O3/c1-24(2,3)27-19(12-17(26-27)14-9-10-14)23(28)25-18-13-21-16(11-22(18)29-4)15-7-5-6-8-20(15)30-21/h5-8,11-14H,9-10H2,1-4H3,(H,25,28). The molecule has 1 N–H and O–H groups in total. The number of rotatable bonds is 4. The van der Waals surface area contributed by atoms with Crippen LogP contribution in [0, 0.1) is 0 Å². The summed E-state index contributed by atoms with van der Waals surface area (Å²) >= 11 is 0. The molecule has 1 saturated carbocycles. The maximum atomic E-state index is 13.3. The van der Waals surface area contributed by atoms with E-state index in [1.807, 2.05) is 47.1 Å². The Hall–Kier alpha value is -3.28. The number of amides is 1. The van der Waals surface area contributed by atoms with Crippen molar-refractivity contribution in [2.24, 2.45) is 0 Å². The molecule has 2 heterocycles. The van der Waals surface area contributed by atoms with Gasteiger partial charge in [-0.2, -0.15) is 5.10 Å². The summed E-state index contributed by atoms with van der Waals surface area (Å²) in [4.78, 5) is 13.3. The van der Waals surface area contributed by atoms with E-state index >= 15 is 0 Å². The Balaban J connectivity index is 1.55. The van der Waals surface area contributed by atoms with Gasteiger partial charge in [0.05, 0.1) is 24.0 Å². The molecule has 154 valence electrons. The number of nitrogens with zero attached hydrogens (tertiary/aromatic N) is 2. The second-order valence-electron chi connectivity index (χ2n) is 8.91. The van der Waals surface area contributed by atoms with Crippen LogP contribution in [0.1, 0.15) is 55.7 Å². The molecule has 0 saturated heterocycles. The topological polar surface area (TPSA) is 69.3 Å². The third kappa shape index (κ3) is 3.12. The van der Waals surface area contributed by atoms with Crippen molar-refractivity contribution in [2.45, 2.75) is 45.1 Å². The highest BCUT2D eigenvalue weighted by Crippen LogP contribution is 2.40. The van der Waals surface area contributed by atoms with Crippen LogP contribution >= 0.6 is 0 Å². The first-order valence-electron chi connectivity index (χ1n) is 10.3. The molecule has 0 unspecified atom stereocenters. The average molecular weight is 403 g/mol. The minimum Gasteiger partial charge on any atom is -0.495 e. The molecule has 2 aromatic heterocycles. The van der Waals surface area contributed by atoms with E-state index in [-0.39, 0.29) is 11.4 Å². The second kappa shape index (κ2) is 6.62. The maximum Gasteiger partial charge on any atom is 0.274 e. The zero-order chi connectivity index (χ0) is 21.0. The van der Waals surface area contributed by atoms with Crippen molar-refractivity contribution < 1.29 is 13.9 Å². The Morgan fingerprint density at radius 1 is 1.13 bits per heavy atom. The Morgan fingerprint density at radius 3 is 2.60 bits per heavy atom. The van der Waals surface area contributed by atoms with Gasteiger partial charge in [0.15, 0.2) is 0 Å². The Morgan fingerprint density at radius 2 is 1.90 bits per heavy atom. The molecule has 5 rings (SSSR count). The molecular weight excluding hydrogens is 378 g/mol. The van der Waals surface area contributed by atoms with Gasteiger partial charge in [-0.25, -0.2) is 0 Å². The molecule has 0 atom stereocenters. The van der Waals surface area contributed by atoms with E-state index < -0.39 is 0 Å². The van der Waals surface area contributed by atoms with E-state index in [9.17, 15) is 4.79 Å². The number of ether oxygens (including phenoxy) is 1. The number of nitrogens with one attached hydrogen (secondary N) is 1. The number of benzene rings is 2. The van der Waals surface area contributed by atoms with Crippen molar-refractivity contribution in [1.82, 2.24) is 9.78 Å². The number of aromatic nitrogens is 2. The SMILES string of the molecule is COc1cc2c(cc1NC(=O)c1cc(C3CC3)nn1C(C)(C)C)oc1ccccc12. The predicted octanol–water partition coefficient (Wildman–Crippen LogP) is 5.68. The van der Waals surface area contributed by atoms with Crippen LogP contribution in [0.15, 0.2) is 46.9 Å². The average Bonchev–Trinajstić information content (AvgIpc) is 3.34. The molecule has 0 aliphatic heterocycles. The van der Waals surface area contributed by atoms with E-state index in [0.717, 1.165) is 34.9 Å². The van der Waals surface area contributed by atoms with Crippen LogP contribution < -0.4 is 10.1 Å². The van der Waals surface area contributed by atoms with Crippen LogP contribution in [0.5, 0.6) is 5.75 Å². The number of carbonyl (C=O) groups excluding carboxylic acids is 1. The van der Waals surface area contributed by atoms with Crippen molar-refractivity contribution >= 4 is 33.5 Å². The molecule has 6 heteroatoms. The van der Waals surface area contributed by atoms with Crippen molar-refractivity contribution in [3.63, 3.8) is 0 Å². The van der Waals surface area contributed by atoms with Gasteiger partial charge in [-0.1, -0.05) is 18.2 Å². The molecule has 0 spiro atoms. The molecule has 2 aromatic carbocycles. The largest absolute Gasteiger partial charge is 0.495 e. The Bertz CT molecular complexity index is 1270. The van der Waals surface area contributed by atoms with E-state index in [2.05, 4.69) is 26.1 Å². The number of para-hydroxylation sites is 1. The molecule has 30 heavy (non-hydrogen) atoms. The third-order valence-electron chi connectivity index (χ3n) is 5.54. The van der Waals surface area contributed by atoms with Crippen LogP contribution in [-0.2, 0) is 5.54 Å². The minimum absolute atomic E-state index is 0.210. The highest BCUT2D eigenvalue weighted by molar-refractivity contribution is 6.09. The molecule has 6 nitrogen and oxygen atoms in total. The summed E-state index contributed by atoms with van der Waals surface area (Å²) in [7, 11) is 1.60. The van der Waals surface area contributed by atoms with Crippen LogP contribution in [0.2, 0.25) is 0 Å². The van der Waals surface area contributed by atoms with Crippen LogP contribution in [-0.4, -0.2) is 22.8 Å².